The molecule has 17 heavy (non-hydrogen) atoms. The smallest absolute Gasteiger partial charge is 0.240 e. The number of hydrogen-bond acceptors (Lipinski definition) is 6. The minimum Gasteiger partial charge on any atom is -0.380 e. The van der Waals surface area contributed by atoms with E-state index in [2.05, 4.69) is 10.6 Å². The average Bonchev–Trinajstić information content (AvgIpc) is 2.34. The predicted octanol–water partition coefficient (Wildman–Crippen LogP) is -1.32. The topological polar surface area (TPSA) is 100 Å². The van der Waals surface area contributed by atoms with Crippen molar-refractivity contribution in [2.45, 2.75) is 19.1 Å². The average molecular weight is 245 g/mol. The van der Waals surface area contributed by atoms with Crippen molar-refractivity contribution in [2.75, 3.05) is 33.3 Å². The van der Waals surface area contributed by atoms with E-state index in [0.717, 1.165) is 11.7 Å². The Morgan fingerprint density at radius 1 is 1.76 bits per heavy atom. The number of nitrogens with two attached hydrogens (primary N) is 1. The van der Waals surface area contributed by atoms with Gasteiger partial charge in [-0.25, -0.2) is 0 Å². The predicted molar refractivity (Wildman–Crippen MR) is 61.5 cm³/mol. The van der Waals surface area contributed by atoms with E-state index >= 15 is 0 Å². The van der Waals surface area contributed by atoms with E-state index in [4.69, 9.17) is 10.5 Å². The second kappa shape index (κ2) is 6.48. The SMILES string of the molecule is COC(C)C1CNCCN1N(CC(N)=O)N=O. The van der Waals surface area contributed by atoms with Crippen LogP contribution in [0, 0.1) is 4.91 Å². The fraction of sp³-hybridized carbons (Fsp3) is 0.889. The summed E-state index contributed by atoms with van der Waals surface area (Å²) in [5.41, 5.74) is 5.08. The number of methoxy groups -OCH3 is 1. The molecule has 1 aliphatic heterocycles. The van der Waals surface area contributed by atoms with Crippen molar-refractivity contribution >= 4 is 5.91 Å². The number of piperazine rings is 1. The van der Waals surface area contributed by atoms with Gasteiger partial charge in [0.05, 0.1) is 17.4 Å². The van der Waals surface area contributed by atoms with Crippen LogP contribution in [0.3, 0.4) is 0 Å². The highest BCUT2D eigenvalue weighted by atomic mass is 16.5. The van der Waals surface area contributed by atoms with Gasteiger partial charge in [0.1, 0.15) is 6.54 Å². The van der Waals surface area contributed by atoms with Crippen LogP contribution in [0.1, 0.15) is 6.92 Å². The van der Waals surface area contributed by atoms with E-state index in [9.17, 15) is 9.70 Å². The van der Waals surface area contributed by atoms with Crippen LogP contribution in [0.25, 0.3) is 0 Å². The molecule has 0 aromatic carbocycles. The third-order valence-corrected chi connectivity index (χ3v) is 2.86. The maximum atomic E-state index is 10.9. The number of rotatable bonds is 6. The summed E-state index contributed by atoms with van der Waals surface area (Å²) in [5, 5.41) is 8.85. The molecular weight excluding hydrogens is 226 g/mol. The number of nitrogens with zero attached hydrogens (tertiary/aromatic N) is 3. The van der Waals surface area contributed by atoms with Crippen LogP contribution in [-0.2, 0) is 9.53 Å². The van der Waals surface area contributed by atoms with Crippen LogP contribution < -0.4 is 11.1 Å². The van der Waals surface area contributed by atoms with Crippen molar-refractivity contribution in [1.82, 2.24) is 15.4 Å². The molecule has 2 atom stereocenters. The van der Waals surface area contributed by atoms with Gasteiger partial charge in [0.2, 0.25) is 5.91 Å². The van der Waals surface area contributed by atoms with Gasteiger partial charge in [-0.05, 0) is 6.92 Å². The number of ether oxygens (including phenoxy) is 1. The van der Waals surface area contributed by atoms with Gasteiger partial charge in [-0.2, -0.15) is 10.1 Å². The summed E-state index contributed by atoms with van der Waals surface area (Å²) in [6, 6.07) is -0.0502. The molecule has 0 saturated carbocycles. The van der Waals surface area contributed by atoms with Gasteiger partial charge in [-0.15, -0.1) is 4.91 Å². The molecule has 0 radical (unpaired) electrons. The van der Waals surface area contributed by atoms with Gasteiger partial charge in [-0.1, -0.05) is 0 Å². The zero-order valence-electron chi connectivity index (χ0n) is 10.1. The summed E-state index contributed by atoms with van der Waals surface area (Å²) >= 11 is 0. The highest BCUT2D eigenvalue weighted by Crippen LogP contribution is 2.13. The van der Waals surface area contributed by atoms with Gasteiger partial charge < -0.3 is 15.8 Å². The normalized spacial score (nSPS) is 23.1. The van der Waals surface area contributed by atoms with Crippen molar-refractivity contribution < 1.29 is 9.53 Å². The first-order valence-electron chi connectivity index (χ1n) is 5.49. The molecule has 1 amide bonds. The van der Waals surface area contributed by atoms with Crippen molar-refractivity contribution in [3.8, 4) is 0 Å². The van der Waals surface area contributed by atoms with Gasteiger partial charge in [0.25, 0.3) is 0 Å². The van der Waals surface area contributed by atoms with Crippen LogP contribution >= 0.6 is 0 Å². The Labute approximate surface area is 100.0 Å². The molecule has 0 aliphatic carbocycles. The number of carbonyl (C=O) groups is 1. The second-order valence-corrected chi connectivity index (χ2v) is 3.95. The van der Waals surface area contributed by atoms with E-state index in [1.54, 1.807) is 12.1 Å². The lowest BCUT2D eigenvalue weighted by Gasteiger charge is -2.41. The summed E-state index contributed by atoms with van der Waals surface area (Å²) in [5.74, 6) is -0.591. The molecule has 0 aromatic heterocycles. The molecule has 0 aromatic rings. The maximum Gasteiger partial charge on any atom is 0.240 e. The molecule has 8 nitrogen and oxygen atoms in total. The van der Waals surface area contributed by atoms with Crippen LogP contribution in [0.4, 0.5) is 0 Å². The Kier molecular flexibility index (Phi) is 5.26. The number of primary amides is 1. The number of hydrogen-bond donors (Lipinski definition) is 2. The largest absolute Gasteiger partial charge is 0.380 e. The van der Waals surface area contributed by atoms with Crippen molar-refractivity contribution in [2.24, 2.45) is 11.0 Å². The van der Waals surface area contributed by atoms with Crippen LogP contribution in [-0.4, -0.2) is 61.5 Å². The fourth-order valence-electron chi connectivity index (χ4n) is 1.87. The minimum atomic E-state index is -0.591. The highest BCUT2D eigenvalue weighted by Gasteiger charge is 2.32. The standard InChI is InChI=1S/C9H19N5O3/c1-7(17-2)8-5-11-3-4-13(8)14(12-16)6-9(10)15/h7-8,11H,3-6H2,1-2H3,(H2,10,15). The number of nitrogens with one attached hydrogen (secondary N) is 1. The molecule has 0 bridgehead atoms. The molecule has 1 saturated heterocycles. The van der Waals surface area contributed by atoms with Crippen LogP contribution in [0.2, 0.25) is 0 Å². The lowest BCUT2D eigenvalue weighted by atomic mass is 10.1. The summed E-state index contributed by atoms with van der Waals surface area (Å²) in [6.07, 6.45) is -0.0834. The zero-order chi connectivity index (χ0) is 12.8. The lowest BCUT2D eigenvalue weighted by molar-refractivity contribution is -0.136. The molecule has 2 unspecified atom stereocenters. The minimum absolute atomic E-state index is 0.0502. The van der Waals surface area contributed by atoms with Gasteiger partial charge in [0.15, 0.2) is 0 Å². The number of carbonyl (C=O) groups excluding carboxylic acids is 1. The first-order valence-corrected chi connectivity index (χ1v) is 5.49. The molecule has 1 heterocycles. The van der Waals surface area contributed by atoms with Crippen LogP contribution in [0.15, 0.2) is 5.29 Å². The Bertz CT molecular complexity index is 275. The van der Waals surface area contributed by atoms with Gasteiger partial charge >= 0.3 is 0 Å². The van der Waals surface area contributed by atoms with Crippen molar-refractivity contribution in [3.63, 3.8) is 0 Å². The molecule has 98 valence electrons. The first-order chi connectivity index (χ1) is 8.10. The molecule has 0 spiro atoms. The molecule has 8 heteroatoms. The van der Waals surface area contributed by atoms with Gasteiger partial charge in [0, 0.05) is 26.7 Å². The first kappa shape index (κ1) is 13.8. The Balaban J connectivity index is 2.74. The van der Waals surface area contributed by atoms with E-state index in [1.165, 1.54) is 0 Å². The fourth-order valence-corrected chi connectivity index (χ4v) is 1.87. The molecular formula is C9H19N5O3. The summed E-state index contributed by atoms with van der Waals surface area (Å²) < 4.78 is 5.25. The maximum absolute atomic E-state index is 10.9. The van der Waals surface area contributed by atoms with Crippen LogP contribution in [0.5, 0.6) is 0 Å². The summed E-state index contributed by atoms with van der Waals surface area (Å²) in [4.78, 5) is 21.6. The molecule has 3 N–H and O–H groups in total. The highest BCUT2D eigenvalue weighted by molar-refractivity contribution is 5.75. The van der Waals surface area contributed by atoms with E-state index in [0.29, 0.717) is 13.1 Å². The quantitative estimate of drug-likeness (QED) is 0.444. The lowest BCUT2D eigenvalue weighted by Crippen LogP contribution is -2.61. The van der Waals surface area contributed by atoms with E-state index in [-0.39, 0.29) is 18.7 Å². The Morgan fingerprint density at radius 3 is 3.00 bits per heavy atom. The van der Waals surface area contributed by atoms with Gasteiger partial charge in [-0.3, -0.25) is 4.79 Å². The summed E-state index contributed by atoms with van der Waals surface area (Å²) in [7, 11) is 1.60. The number of amides is 1. The van der Waals surface area contributed by atoms with E-state index < -0.39 is 5.91 Å². The molecule has 1 aliphatic rings. The van der Waals surface area contributed by atoms with E-state index in [1.807, 2.05) is 6.92 Å². The Morgan fingerprint density at radius 2 is 2.47 bits per heavy atom. The van der Waals surface area contributed by atoms with Crippen molar-refractivity contribution in [3.05, 3.63) is 4.91 Å². The molecule has 1 fully saturated rings. The number of nitroso groups, excluding NO2 is 1. The zero-order valence-corrected chi connectivity index (χ0v) is 10.1. The Hall–Kier alpha value is -1.25. The summed E-state index contributed by atoms with van der Waals surface area (Å²) in [6.45, 7) is 3.66. The monoisotopic (exact) mass is 245 g/mol. The van der Waals surface area contributed by atoms with Crippen molar-refractivity contribution in [1.29, 1.82) is 0 Å². The number of hydrazine groups is 1. The second-order valence-electron chi connectivity index (χ2n) is 3.95. The third-order valence-electron chi connectivity index (χ3n) is 2.86. The molecule has 1 rings (SSSR count). The third kappa shape index (κ3) is 3.62.